The van der Waals surface area contributed by atoms with E-state index < -0.39 is 0 Å². The molecule has 20 heavy (non-hydrogen) atoms. The monoisotopic (exact) mass is 360 g/mol. The molecule has 1 heterocycles. The van der Waals surface area contributed by atoms with Crippen molar-refractivity contribution in [2.24, 2.45) is 0 Å². The molecule has 1 saturated heterocycles. The highest BCUT2D eigenvalue weighted by Gasteiger charge is 2.14. The van der Waals surface area contributed by atoms with Crippen molar-refractivity contribution in [2.45, 2.75) is 38.6 Å². The van der Waals surface area contributed by atoms with Gasteiger partial charge in [-0.25, -0.2) is 0 Å². The van der Waals surface area contributed by atoms with E-state index in [4.69, 9.17) is 0 Å². The Morgan fingerprint density at radius 1 is 1.50 bits per heavy atom. The number of benzene rings is 1. The lowest BCUT2D eigenvalue weighted by Crippen LogP contribution is -2.45. The minimum Gasteiger partial charge on any atom is -0.352 e. The lowest BCUT2D eigenvalue weighted by atomic mass is 10.1. The molecule has 2 rings (SSSR count). The molecule has 0 bridgehead atoms. The summed E-state index contributed by atoms with van der Waals surface area (Å²) in [6.45, 7) is 4.05. The van der Waals surface area contributed by atoms with E-state index in [9.17, 15) is 4.79 Å². The first kappa shape index (κ1) is 17.5. The summed E-state index contributed by atoms with van der Waals surface area (Å²) in [5.74, 6) is 0.161. The topological polar surface area (TPSA) is 41.1 Å². The lowest BCUT2D eigenvalue weighted by molar-refractivity contribution is -0.121. The molecule has 1 atom stereocenters. The average molecular weight is 362 g/mol. The minimum absolute atomic E-state index is 0. The second-order valence-electron chi connectivity index (χ2n) is 5.19. The van der Waals surface area contributed by atoms with Crippen LogP contribution in [0.15, 0.2) is 22.7 Å². The first-order chi connectivity index (χ1) is 9.15. The molecule has 0 unspecified atom stereocenters. The van der Waals surface area contributed by atoms with Gasteiger partial charge in [-0.1, -0.05) is 28.1 Å². The fourth-order valence-corrected chi connectivity index (χ4v) is 2.64. The Morgan fingerprint density at radius 3 is 2.95 bits per heavy atom. The number of amides is 1. The number of carbonyl (C=O) groups is 1. The summed E-state index contributed by atoms with van der Waals surface area (Å²) in [7, 11) is 0. The number of hydrogen-bond acceptors (Lipinski definition) is 2. The van der Waals surface area contributed by atoms with Crippen molar-refractivity contribution in [3.8, 4) is 0 Å². The molecule has 1 fully saturated rings. The fourth-order valence-electron chi connectivity index (χ4n) is 2.40. The molecular weight excluding hydrogens is 340 g/mol. The molecule has 112 valence electrons. The maximum absolute atomic E-state index is 11.9. The summed E-state index contributed by atoms with van der Waals surface area (Å²) in [6.07, 6.45) is 3.62. The van der Waals surface area contributed by atoms with E-state index in [0.29, 0.717) is 12.5 Å². The van der Waals surface area contributed by atoms with Gasteiger partial charge in [-0.2, -0.15) is 0 Å². The Kier molecular flexibility index (Phi) is 7.56. The third-order valence-electron chi connectivity index (χ3n) is 3.53. The summed E-state index contributed by atoms with van der Waals surface area (Å²) < 4.78 is 1.12. The van der Waals surface area contributed by atoms with Crippen molar-refractivity contribution < 1.29 is 4.79 Å². The van der Waals surface area contributed by atoms with Crippen molar-refractivity contribution in [2.75, 3.05) is 13.1 Å². The Morgan fingerprint density at radius 2 is 2.30 bits per heavy atom. The van der Waals surface area contributed by atoms with Crippen LogP contribution in [0.2, 0.25) is 0 Å². The van der Waals surface area contributed by atoms with Crippen molar-refractivity contribution >= 4 is 34.2 Å². The van der Waals surface area contributed by atoms with Gasteiger partial charge in [-0.15, -0.1) is 12.4 Å². The van der Waals surface area contributed by atoms with Gasteiger partial charge in [0.05, 0.1) is 0 Å². The number of carbonyl (C=O) groups excluding carboxylic acids is 1. The lowest BCUT2D eigenvalue weighted by Gasteiger charge is -2.23. The molecule has 1 aromatic carbocycles. The van der Waals surface area contributed by atoms with Crippen LogP contribution in [0.4, 0.5) is 0 Å². The van der Waals surface area contributed by atoms with Crippen LogP contribution in [0, 0.1) is 6.92 Å². The number of aryl methyl sites for hydroxylation is 2. The largest absolute Gasteiger partial charge is 0.352 e. The normalized spacial score (nSPS) is 18.2. The van der Waals surface area contributed by atoms with E-state index >= 15 is 0 Å². The number of rotatable bonds is 4. The summed E-state index contributed by atoms with van der Waals surface area (Å²) in [4.78, 5) is 11.9. The average Bonchev–Trinajstić information content (AvgIpc) is 2.41. The molecule has 1 aliphatic heterocycles. The van der Waals surface area contributed by atoms with E-state index in [1.807, 2.05) is 6.07 Å². The van der Waals surface area contributed by atoms with Crippen LogP contribution >= 0.6 is 28.3 Å². The highest BCUT2D eigenvalue weighted by atomic mass is 79.9. The molecule has 3 nitrogen and oxygen atoms in total. The first-order valence-electron chi connectivity index (χ1n) is 6.90. The smallest absolute Gasteiger partial charge is 0.220 e. The van der Waals surface area contributed by atoms with Gasteiger partial charge in [0.2, 0.25) is 5.91 Å². The predicted octanol–water partition coefficient (Wildman–Crippen LogP) is 2.98. The summed E-state index contributed by atoms with van der Waals surface area (Å²) in [6, 6.07) is 6.58. The van der Waals surface area contributed by atoms with Gasteiger partial charge in [0, 0.05) is 23.5 Å². The molecular formula is C15H22BrClN2O. The number of nitrogens with one attached hydrogen (secondary N) is 2. The van der Waals surface area contributed by atoms with Gasteiger partial charge < -0.3 is 10.6 Å². The van der Waals surface area contributed by atoms with Gasteiger partial charge in [0.15, 0.2) is 0 Å². The van der Waals surface area contributed by atoms with E-state index in [-0.39, 0.29) is 18.3 Å². The third kappa shape index (κ3) is 5.43. The van der Waals surface area contributed by atoms with Crippen LogP contribution in [0.25, 0.3) is 0 Å². The van der Waals surface area contributed by atoms with Gasteiger partial charge in [0.25, 0.3) is 0 Å². The zero-order chi connectivity index (χ0) is 13.7. The highest BCUT2D eigenvalue weighted by molar-refractivity contribution is 9.10. The Labute approximate surface area is 135 Å². The number of hydrogen-bond donors (Lipinski definition) is 2. The van der Waals surface area contributed by atoms with Crippen LogP contribution in [-0.2, 0) is 11.2 Å². The molecule has 0 spiro atoms. The molecule has 1 aliphatic rings. The Bertz CT molecular complexity index is 447. The second-order valence-corrected chi connectivity index (χ2v) is 6.05. The van der Waals surface area contributed by atoms with Crippen LogP contribution in [-0.4, -0.2) is 25.0 Å². The molecule has 5 heteroatoms. The SMILES string of the molecule is Cc1cc(CCC(=O)N[C@H]2CCCNC2)ccc1Br.Cl. The van der Waals surface area contributed by atoms with Gasteiger partial charge >= 0.3 is 0 Å². The van der Waals surface area contributed by atoms with E-state index in [1.54, 1.807) is 0 Å². The zero-order valence-corrected chi connectivity index (χ0v) is 14.1. The predicted molar refractivity (Wildman–Crippen MR) is 88.5 cm³/mol. The zero-order valence-electron chi connectivity index (χ0n) is 11.7. The summed E-state index contributed by atoms with van der Waals surface area (Å²) in [5.41, 5.74) is 2.44. The van der Waals surface area contributed by atoms with Gasteiger partial charge in [-0.05, 0) is 49.9 Å². The number of piperidine rings is 1. The van der Waals surface area contributed by atoms with E-state index in [1.165, 1.54) is 11.1 Å². The Hall–Kier alpha value is -0.580. The molecule has 0 aromatic heterocycles. The molecule has 1 aromatic rings. The molecule has 0 radical (unpaired) electrons. The van der Waals surface area contributed by atoms with E-state index in [0.717, 1.165) is 36.8 Å². The molecule has 1 amide bonds. The van der Waals surface area contributed by atoms with Crippen molar-refractivity contribution in [1.82, 2.24) is 10.6 Å². The molecule has 0 saturated carbocycles. The first-order valence-corrected chi connectivity index (χ1v) is 7.69. The van der Waals surface area contributed by atoms with E-state index in [2.05, 4.69) is 45.6 Å². The Balaban J connectivity index is 0.00000200. The summed E-state index contributed by atoms with van der Waals surface area (Å²) >= 11 is 3.49. The standard InChI is InChI=1S/C15H21BrN2O.ClH/c1-11-9-12(4-6-14(11)16)5-7-15(19)18-13-3-2-8-17-10-13;/h4,6,9,13,17H,2-3,5,7-8,10H2,1H3,(H,18,19);1H/t13-;/m0./s1. The maximum Gasteiger partial charge on any atom is 0.220 e. The van der Waals surface area contributed by atoms with Crippen molar-refractivity contribution in [3.63, 3.8) is 0 Å². The maximum atomic E-state index is 11.9. The van der Waals surface area contributed by atoms with Crippen molar-refractivity contribution in [3.05, 3.63) is 33.8 Å². The molecule has 0 aliphatic carbocycles. The quantitative estimate of drug-likeness (QED) is 0.865. The van der Waals surface area contributed by atoms with Crippen LogP contribution in [0.3, 0.4) is 0 Å². The van der Waals surface area contributed by atoms with Gasteiger partial charge in [0.1, 0.15) is 0 Å². The van der Waals surface area contributed by atoms with Crippen LogP contribution < -0.4 is 10.6 Å². The van der Waals surface area contributed by atoms with Gasteiger partial charge in [-0.3, -0.25) is 4.79 Å². The third-order valence-corrected chi connectivity index (χ3v) is 4.41. The van der Waals surface area contributed by atoms with Crippen molar-refractivity contribution in [1.29, 1.82) is 0 Å². The minimum atomic E-state index is 0. The highest BCUT2D eigenvalue weighted by Crippen LogP contribution is 2.17. The van der Waals surface area contributed by atoms with Crippen LogP contribution in [0.1, 0.15) is 30.4 Å². The summed E-state index contributed by atoms with van der Waals surface area (Å²) in [5, 5.41) is 6.41. The molecule has 2 N–H and O–H groups in total. The second kappa shape index (κ2) is 8.65. The van der Waals surface area contributed by atoms with Crippen LogP contribution in [0.5, 0.6) is 0 Å². The fraction of sp³-hybridized carbons (Fsp3) is 0.533. The number of halogens is 2.